The molecule has 0 saturated carbocycles. The lowest BCUT2D eigenvalue weighted by Crippen LogP contribution is -2.49. The average Bonchev–Trinajstić information content (AvgIpc) is 2.55. The molecule has 0 radical (unpaired) electrons. The summed E-state index contributed by atoms with van der Waals surface area (Å²) in [6.45, 7) is 1.77. The van der Waals surface area contributed by atoms with Crippen LogP contribution in [0.15, 0.2) is 48.5 Å². The van der Waals surface area contributed by atoms with Crippen molar-refractivity contribution in [3.63, 3.8) is 0 Å². The van der Waals surface area contributed by atoms with Crippen LogP contribution in [0.5, 0.6) is 0 Å². The van der Waals surface area contributed by atoms with E-state index in [1.165, 1.54) is 10.4 Å². The van der Waals surface area contributed by atoms with Gasteiger partial charge in [-0.05, 0) is 17.7 Å². The van der Waals surface area contributed by atoms with E-state index in [0.717, 1.165) is 5.56 Å². The van der Waals surface area contributed by atoms with Crippen LogP contribution in [0.3, 0.4) is 0 Å². The molecule has 1 aliphatic heterocycles. The van der Waals surface area contributed by atoms with Crippen molar-refractivity contribution in [3.05, 3.63) is 60.0 Å². The molecular weight excluding hydrogens is 317 g/mol. The summed E-state index contributed by atoms with van der Waals surface area (Å²) in [5, 5.41) is 0. The second-order valence-electron chi connectivity index (χ2n) is 5.45. The SMILES string of the molecule is O=S(=O)(Cc1ccccc1)N1CCN(c2cccc(F)n2)CC1. The molecule has 1 saturated heterocycles. The zero-order chi connectivity index (χ0) is 16.3. The van der Waals surface area contributed by atoms with Crippen LogP contribution in [0, 0.1) is 5.95 Å². The summed E-state index contributed by atoms with van der Waals surface area (Å²) in [6, 6.07) is 13.8. The number of hydrogen-bond donors (Lipinski definition) is 0. The van der Waals surface area contributed by atoms with Crippen LogP contribution in [0.25, 0.3) is 0 Å². The first-order valence-electron chi connectivity index (χ1n) is 7.44. The molecule has 5 nitrogen and oxygen atoms in total. The molecule has 0 unspecified atom stereocenters. The van der Waals surface area contributed by atoms with Gasteiger partial charge in [0.2, 0.25) is 16.0 Å². The Kier molecular flexibility index (Phi) is 4.58. The van der Waals surface area contributed by atoms with Gasteiger partial charge in [0.1, 0.15) is 5.82 Å². The zero-order valence-corrected chi connectivity index (χ0v) is 13.4. The second-order valence-corrected chi connectivity index (χ2v) is 7.42. The maximum atomic E-state index is 13.2. The van der Waals surface area contributed by atoms with Gasteiger partial charge in [0.15, 0.2) is 0 Å². The van der Waals surface area contributed by atoms with E-state index in [0.29, 0.717) is 32.0 Å². The summed E-state index contributed by atoms with van der Waals surface area (Å²) < 4.78 is 39.7. The van der Waals surface area contributed by atoms with E-state index in [2.05, 4.69) is 4.98 Å². The van der Waals surface area contributed by atoms with Crippen molar-refractivity contribution < 1.29 is 12.8 Å². The number of piperazine rings is 1. The number of rotatable bonds is 4. The van der Waals surface area contributed by atoms with Crippen molar-refractivity contribution in [2.24, 2.45) is 0 Å². The molecular formula is C16H18FN3O2S. The molecule has 1 fully saturated rings. The topological polar surface area (TPSA) is 53.5 Å². The monoisotopic (exact) mass is 335 g/mol. The highest BCUT2D eigenvalue weighted by Crippen LogP contribution is 2.17. The van der Waals surface area contributed by atoms with Gasteiger partial charge >= 0.3 is 0 Å². The van der Waals surface area contributed by atoms with Gasteiger partial charge in [-0.3, -0.25) is 0 Å². The molecule has 0 aliphatic carbocycles. The Labute approximate surface area is 135 Å². The summed E-state index contributed by atoms with van der Waals surface area (Å²) in [6.07, 6.45) is 0. The Morgan fingerprint density at radius 2 is 1.65 bits per heavy atom. The minimum atomic E-state index is -3.34. The third kappa shape index (κ3) is 3.86. The van der Waals surface area contributed by atoms with E-state index in [-0.39, 0.29) is 5.75 Å². The lowest BCUT2D eigenvalue weighted by molar-refractivity contribution is 0.382. The molecule has 7 heteroatoms. The predicted octanol–water partition coefficient (Wildman–Crippen LogP) is 1.87. The summed E-state index contributed by atoms with van der Waals surface area (Å²) in [5.41, 5.74) is 0.779. The number of hydrogen-bond acceptors (Lipinski definition) is 4. The standard InChI is InChI=1S/C16H18FN3O2S/c17-15-7-4-8-16(18-15)19-9-11-20(12-10-19)23(21,22)13-14-5-2-1-3-6-14/h1-8H,9-13H2. The molecule has 0 N–H and O–H groups in total. The fourth-order valence-corrected chi connectivity index (χ4v) is 4.16. The van der Waals surface area contributed by atoms with Crippen LogP contribution in [0.4, 0.5) is 10.2 Å². The zero-order valence-electron chi connectivity index (χ0n) is 12.6. The maximum absolute atomic E-state index is 13.2. The number of anilines is 1. The molecule has 1 aromatic heterocycles. The first-order valence-corrected chi connectivity index (χ1v) is 9.05. The van der Waals surface area contributed by atoms with E-state index in [1.807, 2.05) is 35.2 Å². The van der Waals surface area contributed by atoms with Crippen LogP contribution in [-0.2, 0) is 15.8 Å². The summed E-state index contributed by atoms with van der Waals surface area (Å²) in [7, 11) is -3.34. The minimum Gasteiger partial charge on any atom is -0.354 e. The summed E-state index contributed by atoms with van der Waals surface area (Å²) in [5.74, 6) is 0.0261. The van der Waals surface area contributed by atoms with E-state index in [4.69, 9.17) is 0 Å². The van der Waals surface area contributed by atoms with Crippen LogP contribution >= 0.6 is 0 Å². The molecule has 0 bridgehead atoms. The lowest BCUT2D eigenvalue weighted by Gasteiger charge is -2.34. The molecule has 1 aromatic carbocycles. The molecule has 23 heavy (non-hydrogen) atoms. The third-order valence-electron chi connectivity index (χ3n) is 3.85. The molecule has 0 amide bonds. The molecule has 2 aromatic rings. The number of halogens is 1. The molecule has 1 aliphatic rings. The van der Waals surface area contributed by atoms with Crippen LogP contribution in [0.2, 0.25) is 0 Å². The smallest absolute Gasteiger partial charge is 0.218 e. The molecule has 3 rings (SSSR count). The van der Waals surface area contributed by atoms with Crippen LogP contribution < -0.4 is 4.90 Å². The molecule has 122 valence electrons. The van der Waals surface area contributed by atoms with Crippen molar-refractivity contribution in [2.45, 2.75) is 5.75 Å². The fraction of sp³-hybridized carbons (Fsp3) is 0.312. The number of benzene rings is 1. The minimum absolute atomic E-state index is 0.00601. The van der Waals surface area contributed by atoms with Crippen LogP contribution in [-0.4, -0.2) is 43.9 Å². The Morgan fingerprint density at radius 3 is 2.30 bits per heavy atom. The first-order chi connectivity index (χ1) is 11.0. The van der Waals surface area contributed by atoms with Crippen molar-refractivity contribution >= 4 is 15.8 Å². The first kappa shape index (κ1) is 15.9. The number of nitrogens with zero attached hydrogens (tertiary/aromatic N) is 3. The Balaban J connectivity index is 1.64. The number of aromatic nitrogens is 1. The van der Waals surface area contributed by atoms with Gasteiger partial charge in [-0.1, -0.05) is 36.4 Å². The summed E-state index contributed by atoms with van der Waals surface area (Å²) in [4.78, 5) is 5.74. The number of pyridine rings is 1. The maximum Gasteiger partial charge on any atom is 0.218 e. The van der Waals surface area contributed by atoms with E-state index in [1.54, 1.807) is 12.1 Å². The van der Waals surface area contributed by atoms with Crippen molar-refractivity contribution in [1.29, 1.82) is 0 Å². The highest BCUT2D eigenvalue weighted by molar-refractivity contribution is 7.88. The van der Waals surface area contributed by atoms with E-state index in [9.17, 15) is 12.8 Å². The highest BCUT2D eigenvalue weighted by Gasteiger charge is 2.27. The summed E-state index contributed by atoms with van der Waals surface area (Å²) >= 11 is 0. The molecule has 0 atom stereocenters. The second kappa shape index (κ2) is 6.64. The Morgan fingerprint density at radius 1 is 0.957 bits per heavy atom. The average molecular weight is 335 g/mol. The van der Waals surface area contributed by atoms with E-state index < -0.39 is 16.0 Å². The van der Waals surface area contributed by atoms with Crippen molar-refractivity contribution in [2.75, 3.05) is 31.1 Å². The Bertz CT molecular complexity index is 760. The lowest BCUT2D eigenvalue weighted by atomic mass is 10.2. The third-order valence-corrected chi connectivity index (χ3v) is 5.70. The van der Waals surface area contributed by atoms with Crippen molar-refractivity contribution in [1.82, 2.24) is 9.29 Å². The molecule has 2 heterocycles. The predicted molar refractivity (Wildman–Crippen MR) is 87.0 cm³/mol. The number of sulfonamides is 1. The molecule has 0 spiro atoms. The van der Waals surface area contributed by atoms with Gasteiger partial charge in [-0.15, -0.1) is 0 Å². The quantitative estimate of drug-likeness (QED) is 0.801. The fourth-order valence-electron chi connectivity index (χ4n) is 2.65. The van der Waals surface area contributed by atoms with Gasteiger partial charge in [0.05, 0.1) is 5.75 Å². The highest BCUT2D eigenvalue weighted by atomic mass is 32.2. The van der Waals surface area contributed by atoms with Gasteiger partial charge < -0.3 is 4.90 Å². The van der Waals surface area contributed by atoms with Crippen molar-refractivity contribution in [3.8, 4) is 0 Å². The van der Waals surface area contributed by atoms with Gasteiger partial charge in [0.25, 0.3) is 0 Å². The van der Waals surface area contributed by atoms with Gasteiger partial charge in [-0.25, -0.2) is 13.4 Å². The largest absolute Gasteiger partial charge is 0.354 e. The normalized spacial score (nSPS) is 16.5. The van der Waals surface area contributed by atoms with Gasteiger partial charge in [0, 0.05) is 26.2 Å². The van der Waals surface area contributed by atoms with E-state index >= 15 is 0 Å². The van der Waals surface area contributed by atoms with Gasteiger partial charge in [-0.2, -0.15) is 8.70 Å². The Hall–Kier alpha value is -1.99. The van der Waals surface area contributed by atoms with Crippen LogP contribution in [0.1, 0.15) is 5.56 Å².